The smallest absolute Gasteiger partial charge is 0.140 e. The molecule has 1 aromatic carbocycles. The standard InChI is InChI=1S/C16H22N2OS/c1-4-12-8-6-7-9-14(12)19-10-15-18-13(5-2)16(20-15)11(3)17/h6-9,11H,4-5,10,17H2,1-3H3. The summed E-state index contributed by atoms with van der Waals surface area (Å²) in [4.78, 5) is 5.81. The van der Waals surface area contributed by atoms with Gasteiger partial charge in [0.25, 0.3) is 0 Å². The van der Waals surface area contributed by atoms with Crippen LogP contribution in [0.4, 0.5) is 0 Å². The molecule has 0 aliphatic carbocycles. The molecule has 2 N–H and O–H groups in total. The number of hydrogen-bond donors (Lipinski definition) is 1. The molecule has 0 aliphatic rings. The molecule has 0 saturated heterocycles. The number of aromatic nitrogens is 1. The first-order chi connectivity index (χ1) is 9.65. The quantitative estimate of drug-likeness (QED) is 0.878. The van der Waals surface area contributed by atoms with E-state index in [9.17, 15) is 0 Å². The zero-order valence-corrected chi connectivity index (χ0v) is 13.2. The van der Waals surface area contributed by atoms with E-state index in [0.717, 1.165) is 29.3 Å². The number of hydrogen-bond acceptors (Lipinski definition) is 4. The van der Waals surface area contributed by atoms with Crippen LogP contribution in [0.3, 0.4) is 0 Å². The molecule has 0 radical (unpaired) electrons. The summed E-state index contributed by atoms with van der Waals surface area (Å²) in [7, 11) is 0. The van der Waals surface area contributed by atoms with Crippen molar-refractivity contribution in [2.24, 2.45) is 5.73 Å². The monoisotopic (exact) mass is 290 g/mol. The van der Waals surface area contributed by atoms with Gasteiger partial charge in [-0.1, -0.05) is 32.0 Å². The molecule has 3 nitrogen and oxygen atoms in total. The highest BCUT2D eigenvalue weighted by Crippen LogP contribution is 2.26. The van der Waals surface area contributed by atoms with Crippen molar-refractivity contribution in [3.8, 4) is 5.75 Å². The first kappa shape index (κ1) is 15.0. The second-order valence-electron chi connectivity index (χ2n) is 4.81. The number of thiazole rings is 1. The molecular weight excluding hydrogens is 268 g/mol. The maximum absolute atomic E-state index is 5.99. The molecule has 108 valence electrons. The molecule has 0 aliphatic heterocycles. The molecule has 0 spiro atoms. The minimum Gasteiger partial charge on any atom is -0.486 e. The third-order valence-electron chi connectivity index (χ3n) is 3.22. The molecule has 0 fully saturated rings. The van der Waals surface area contributed by atoms with Crippen molar-refractivity contribution in [1.29, 1.82) is 0 Å². The molecular formula is C16H22N2OS. The lowest BCUT2D eigenvalue weighted by Crippen LogP contribution is -2.05. The Labute approximate surface area is 124 Å². The molecule has 1 heterocycles. The van der Waals surface area contributed by atoms with Crippen LogP contribution in [0, 0.1) is 0 Å². The number of para-hydroxylation sites is 1. The normalized spacial score (nSPS) is 12.4. The van der Waals surface area contributed by atoms with Gasteiger partial charge in [0.2, 0.25) is 0 Å². The van der Waals surface area contributed by atoms with Crippen molar-refractivity contribution >= 4 is 11.3 Å². The zero-order valence-electron chi connectivity index (χ0n) is 12.3. The van der Waals surface area contributed by atoms with E-state index in [1.165, 1.54) is 10.4 Å². The van der Waals surface area contributed by atoms with Gasteiger partial charge >= 0.3 is 0 Å². The Bertz CT molecular complexity index is 563. The van der Waals surface area contributed by atoms with Crippen molar-refractivity contribution in [1.82, 2.24) is 4.98 Å². The lowest BCUT2D eigenvalue weighted by Gasteiger charge is -2.08. The number of benzene rings is 1. The summed E-state index contributed by atoms with van der Waals surface area (Å²) in [5.74, 6) is 0.950. The van der Waals surface area contributed by atoms with Gasteiger partial charge in [0.05, 0.1) is 5.69 Å². The van der Waals surface area contributed by atoms with Crippen molar-refractivity contribution in [3.63, 3.8) is 0 Å². The summed E-state index contributed by atoms with van der Waals surface area (Å²) < 4.78 is 5.91. The average molecular weight is 290 g/mol. The van der Waals surface area contributed by atoms with Crippen LogP contribution in [0.1, 0.15) is 48.0 Å². The Morgan fingerprint density at radius 2 is 2.00 bits per heavy atom. The van der Waals surface area contributed by atoms with Gasteiger partial charge < -0.3 is 10.5 Å². The van der Waals surface area contributed by atoms with Crippen LogP contribution in [0.25, 0.3) is 0 Å². The van der Waals surface area contributed by atoms with Crippen LogP contribution in [-0.2, 0) is 19.4 Å². The summed E-state index contributed by atoms with van der Waals surface area (Å²) >= 11 is 1.66. The largest absolute Gasteiger partial charge is 0.486 e. The highest BCUT2D eigenvalue weighted by Gasteiger charge is 2.13. The van der Waals surface area contributed by atoms with E-state index in [-0.39, 0.29) is 6.04 Å². The first-order valence-electron chi connectivity index (χ1n) is 7.10. The predicted molar refractivity (Wildman–Crippen MR) is 84.2 cm³/mol. The fraction of sp³-hybridized carbons (Fsp3) is 0.438. The second kappa shape index (κ2) is 6.86. The maximum atomic E-state index is 5.99. The van der Waals surface area contributed by atoms with Crippen molar-refractivity contribution in [2.75, 3.05) is 0 Å². The number of ether oxygens (including phenoxy) is 1. The number of nitrogens with zero attached hydrogens (tertiary/aromatic N) is 1. The van der Waals surface area contributed by atoms with Crippen LogP contribution in [-0.4, -0.2) is 4.98 Å². The van der Waals surface area contributed by atoms with Crippen LogP contribution in [0.2, 0.25) is 0 Å². The average Bonchev–Trinajstić information content (AvgIpc) is 2.89. The molecule has 0 bridgehead atoms. The molecule has 2 rings (SSSR count). The van der Waals surface area contributed by atoms with Crippen LogP contribution < -0.4 is 10.5 Å². The van der Waals surface area contributed by atoms with Gasteiger partial charge in [-0.15, -0.1) is 11.3 Å². The summed E-state index contributed by atoms with van der Waals surface area (Å²) in [6.45, 7) is 6.76. The number of nitrogens with two attached hydrogens (primary N) is 1. The molecule has 4 heteroatoms. The zero-order chi connectivity index (χ0) is 14.5. The van der Waals surface area contributed by atoms with Gasteiger partial charge in [-0.05, 0) is 31.4 Å². The minimum atomic E-state index is 0.0409. The summed E-state index contributed by atoms with van der Waals surface area (Å²) in [5.41, 5.74) is 8.32. The van der Waals surface area contributed by atoms with Gasteiger partial charge in [0.1, 0.15) is 17.4 Å². The highest BCUT2D eigenvalue weighted by atomic mass is 32.1. The topological polar surface area (TPSA) is 48.1 Å². The Kier molecular flexibility index (Phi) is 5.15. The molecule has 1 atom stereocenters. The second-order valence-corrected chi connectivity index (χ2v) is 5.93. The molecule has 0 amide bonds. The first-order valence-corrected chi connectivity index (χ1v) is 7.92. The number of aryl methyl sites for hydroxylation is 2. The Balaban J connectivity index is 2.11. The molecule has 2 aromatic rings. The van der Waals surface area contributed by atoms with E-state index >= 15 is 0 Å². The lowest BCUT2D eigenvalue weighted by atomic mass is 10.1. The van der Waals surface area contributed by atoms with E-state index in [4.69, 9.17) is 10.5 Å². The Hall–Kier alpha value is -1.39. The highest BCUT2D eigenvalue weighted by molar-refractivity contribution is 7.11. The molecule has 20 heavy (non-hydrogen) atoms. The molecule has 1 unspecified atom stereocenters. The Morgan fingerprint density at radius 1 is 1.25 bits per heavy atom. The van der Waals surface area contributed by atoms with E-state index < -0.39 is 0 Å². The Morgan fingerprint density at radius 3 is 2.60 bits per heavy atom. The van der Waals surface area contributed by atoms with Crippen molar-refractivity contribution in [3.05, 3.63) is 45.4 Å². The summed E-state index contributed by atoms with van der Waals surface area (Å²) in [5, 5.41) is 1.00. The van der Waals surface area contributed by atoms with E-state index in [1.54, 1.807) is 11.3 Å². The third-order valence-corrected chi connectivity index (χ3v) is 4.50. The van der Waals surface area contributed by atoms with Crippen LogP contribution in [0.15, 0.2) is 24.3 Å². The third kappa shape index (κ3) is 3.38. The van der Waals surface area contributed by atoms with Gasteiger partial charge in [0, 0.05) is 10.9 Å². The van der Waals surface area contributed by atoms with Crippen LogP contribution >= 0.6 is 11.3 Å². The van der Waals surface area contributed by atoms with Crippen LogP contribution in [0.5, 0.6) is 5.75 Å². The van der Waals surface area contributed by atoms with Crippen molar-refractivity contribution in [2.45, 2.75) is 46.3 Å². The maximum Gasteiger partial charge on any atom is 0.140 e. The van der Waals surface area contributed by atoms with Gasteiger partial charge in [-0.25, -0.2) is 4.98 Å². The van der Waals surface area contributed by atoms with Gasteiger partial charge in [-0.2, -0.15) is 0 Å². The minimum absolute atomic E-state index is 0.0409. The predicted octanol–water partition coefficient (Wildman–Crippen LogP) is 3.87. The van der Waals surface area contributed by atoms with E-state index in [2.05, 4.69) is 24.9 Å². The lowest BCUT2D eigenvalue weighted by molar-refractivity contribution is 0.302. The summed E-state index contributed by atoms with van der Waals surface area (Å²) in [6, 6.07) is 8.19. The molecule has 1 aromatic heterocycles. The SMILES string of the molecule is CCc1ccccc1OCc1nc(CC)c(C(C)N)s1. The van der Waals surface area contributed by atoms with E-state index in [0.29, 0.717) is 6.61 Å². The van der Waals surface area contributed by atoms with Crippen molar-refractivity contribution < 1.29 is 4.74 Å². The van der Waals surface area contributed by atoms with Gasteiger partial charge in [-0.3, -0.25) is 0 Å². The molecule has 0 saturated carbocycles. The number of rotatable bonds is 6. The van der Waals surface area contributed by atoms with Gasteiger partial charge in [0.15, 0.2) is 0 Å². The summed E-state index contributed by atoms with van der Waals surface area (Å²) in [6.07, 6.45) is 1.89. The van der Waals surface area contributed by atoms with E-state index in [1.807, 2.05) is 25.1 Å². The fourth-order valence-corrected chi connectivity index (χ4v) is 3.18. The fourth-order valence-electron chi connectivity index (χ4n) is 2.16.